The van der Waals surface area contributed by atoms with Crippen molar-refractivity contribution in [3.63, 3.8) is 0 Å². The van der Waals surface area contributed by atoms with Gasteiger partial charge in [-0.05, 0) is 51.9 Å². The molecule has 3 unspecified atom stereocenters. The van der Waals surface area contributed by atoms with Crippen LogP contribution in [0.5, 0.6) is 0 Å². The van der Waals surface area contributed by atoms with Crippen LogP contribution in [0.15, 0.2) is 0 Å². The summed E-state index contributed by atoms with van der Waals surface area (Å²) < 4.78 is 5.92. The molecule has 2 saturated carbocycles. The van der Waals surface area contributed by atoms with Crippen LogP contribution in [0.2, 0.25) is 0 Å². The highest BCUT2D eigenvalue weighted by Gasteiger charge is 2.57. The Morgan fingerprint density at radius 1 is 1.35 bits per heavy atom. The Hall–Kier alpha value is -0.810. The summed E-state index contributed by atoms with van der Waals surface area (Å²) in [5, 5.41) is 13.0. The number of nitrogens with zero attached hydrogens (tertiary/aromatic N) is 1. The second-order valence-electron chi connectivity index (χ2n) is 7.69. The number of hydrogen-bond donors (Lipinski definition) is 2. The molecule has 132 valence electrons. The van der Waals surface area contributed by atoms with E-state index in [4.69, 9.17) is 4.74 Å². The first-order valence-electron chi connectivity index (χ1n) is 9.42. The fourth-order valence-electron chi connectivity index (χ4n) is 4.91. The van der Waals surface area contributed by atoms with E-state index in [1.54, 1.807) is 0 Å². The molecular weight excluding hydrogens is 292 g/mol. The standard InChI is InChI=1S/C18H32N2O3/c1-3-23-16-12-15(18(16)8-4-5-9-18)19-17(22)20-10-6-14(7-11-20)13(2)21/h13-16,21H,3-12H2,1-2H3,(H,19,22). The van der Waals surface area contributed by atoms with E-state index in [1.807, 2.05) is 11.8 Å². The summed E-state index contributed by atoms with van der Waals surface area (Å²) >= 11 is 0. The SMILES string of the molecule is CCOC1CC(NC(=O)N2CCC(C(C)O)CC2)C12CCCC2. The second-order valence-corrected chi connectivity index (χ2v) is 7.69. The van der Waals surface area contributed by atoms with Gasteiger partial charge in [0.25, 0.3) is 0 Å². The number of carbonyl (C=O) groups excluding carboxylic acids is 1. The Kier molecular flexibility index (Phi) is 5.16. The maximum absolute atomic E-state index is 12.6. The molecule has 1 saturated heterocycles. The molecule has 0 radical (unpaired) electrons. The molecule has 0 aromatic heterocycles. The van der Waals surface area contributed by atoms with E-state index < -0.39 is 0 Å². The van der Waals surface area contributed by atoms with Gasteiger partial charge in [-0.15, -0.1) is 0 Å². The van der Waals surface area contributed by atoms with E-state index in [2.05, 4.69) is 12.2 Å². The molecule has 5 nitrogen and oxygen atoms in total. The zero-order valence-electron chi connectivity index (χ0n) is 14.6. The Balaban J connectivity index is 1.52. The van der Waals surface area contributed by atoms with Gasteiger partial charge in [-0.3, -0.25) is 0 Å². The van der Waals surface area contributed by atoms with Crippen LogP contribution in [0.1, 0.15) is 58.8 Å². The fraction of sp³-hybridized carbons (Fsp3) is 0.944. The molecule has 0 bridgehead atoms. The van der Waals surface area contributed by atoms with Crippen LogP contribution in [-0.2, 0) is 4.74 Å². The molecule has 0 aromatic rings. The number of aliphatic hydroxyl groups excluding tert-OH is 1. The molecule has 3 aliphatic rings. The number of piperidine rings is 1. The number of ether oxygens (including phenoxy) is 1. The Morgan fingerprint density at radius 2 is 2.00 bits per heavy atom. The minimum Gasteiger partial charge on any atom is -0.393 e. The van der Waals surface area contributed by atoms with E-state index in [0.717, 1.165) is 39.0 Å². The number of urea groups is 1. The molecule has 3 atom stereocenters. The quantitative estimate of drug-likeness (QED) is 0.835. The third kappa shape index (κ3) is 3.22. The molecule has 1 heterocycles. The number of hydrogen-bond acceptors (Lipinski definition) is 3. The maximum Gasteiger partial charge on any atom is 0.317 e. The minimum atomic E-state index is -0.263. The van der Waals surface area contributed by atoms with Crippen molar-refractivity contribution in [2.75, 3.05) is 19.7 Å². The van der Waals surface area contributed by atoms with Gasteiger partial charge in [-0.2, -0.15) is 0 Å². The number of aliphatic hydroxyl groups is 1. The number of rotatable bonds is 4. The fourth-order valence-corrected chi connectivity index (χ4v) is 4.91. The highest BCUT2D eigenvalue weighted by atomic mass is 16.5. The van der Waals surface area contributed by atoms with E-state index >= 15 is 0 Å². The van der Waals surface area contributed by atoms with E-state index in [9.17, 15) is 9.90 Å². The molecule has 2 aliphatic carbocycles. The van der Waals surface area contributed by atoms with E-state index in [-0.39, 0.29) is 23.6 Å². The molecule has 3 rings (SSSR count). The van der Waals surface area contributed by atoms with Crippen molar-refractivity contribution in [3.05, 3.63) is 0 Å². The largest absolute Gasteiger partial charge is 0.393 e. The van der Waals surface area contributed by atoms with Crippen LogP contribution < -0.4 is 5.32 Å². The monoisotopic (exact) mass is 324 g/mol. The third-order valence-corrected chi connectivity index (χ3v) is 6.49. The first-order valence-corrected chi connectivity index (χ1v) is 9.42. The predicted octanol–water partition coefficient (Wildman–Crippen LogP) is 2.53. The highest BCUT2D eigenvalue weighted by Crippen LogP contribution is 2.54. The maximum atomic E-state index is 12.6. The average Bonchev–Trinajstić information content (AvgIpc) is 3.06. The van der Waals surface area contributed by atoms with Gasteiger partial charge in [0, 0.05) is 31.2 Å². The van der Waals surface area contributed by atoms with Gasteiger partial charge in [-0.1, -0.05) is 12.8 Å². The molecule has 1 spiro atoms. The normalized spacial score (nSPS) is 31.9. The molecule has 2 N–H and O–H groups in total. The predicted molar refractivity (Wildman–Crippen MR) is 89.2 cm³/mol. The van der Waals surface area contributed by atoms with Gasteiger partial charge in [0.05, 0.1) is 12.2 Å². The summed E-state index contributed by atoms with van der Waals surface area (Å²) in [6, 6.07) is 0.365. The molecule has 5 heteroatoms. The van der Waals surface area contributed by atoms with Crippen molar-refractivity contribution in [2.45, 2.75) is 77.0 Å². The molecule has 0 aromatic carbocycles. The summed E-state index contributed by atoms with van der Waals surface area (Å²) in [5.41, 5.74) is 0.198. The van der Waals surface area contributed by atoms with Crippen LogP contribution in [0.3, 0.4) is 0 Å². The summed E-state index contributed by atoms with van der Waals surface area (Å²) in [7, 11) is 0. The van der Waals surface area contributed by atoms with Crippen molar-refractivity contribution in [1.82, 2.24) is 10.2 Å². The summed E-state index contributed by atoms with van der Waals surface area (Å²) in [5.74, 6) is 0.339. The third-order valence-electron chi connectivity index (χ3n) is 6.49. The molecule has 1 aliphatic heterocycles. The minimum absolute atomic E-state index is 0.0836. The van der Waals surface area contributed by atoms with Crippen molar-refractivity contribution < 1.29 is 14.6 Å². The average molecular weight is 324 g/mol. The van der Waals surface area contributed by atoms with Gasteiger partial charge in [0.15, 0.2) is 0 Å². The Labute approximate surface area is 139 Å². The number of amides is 2. The van der Waals surface area contributed by atoms with Gasteiger partial charge in [0.2, 0.25) is 0 Å². The van der Waals surface area contributed by atoms with Crippen molar-refractivity contribution >= 4 is 6.03 Å². The second kappa shape index (κ2) is 6.98. The van der Waals surface area contributed by atoms with Crippen LogP contribution >= 0.6 is 0 Å². The highest BCUT2D eigenvalue weighted by molar-refractivity contribution is 5.75. The molecular formula is C18H32N2O3. The number of carbonyl (C=O) groups is 1. The number of likely N-dealkylation sites (tertiary alicyclic amines) is 1. The first-order chi connectivity index (χ1) is 11.1. The van der Waals surface area contributed by atoms with Gasteiger partial charge >= 0.3 is 6.03 Å². The smallest absolute Gasteiger partial charge is 0.317 e. The Morgan fingerprint density at radius 3 is 2.57 bits per heavy atom. The van der Waals surface area contributed by atoms with Crippen LogP contribution in [0, 0.1) is 11.3 Å². The summed E-state index contributed by atoms with van der Waals surface area (Å²) in [6.07, 6.45) is 7.74. The van der Waals surface area contributed by atoms with Crippen LogP contribution in [0.4, 0.5) is 4.79 Å². The van der Waals surface area contributed by atoms with Crippen molar-refractivity contribution in [3.8, 4) is 0 Å². The lowest BCUT2D eigenvalue weighted by molar-refractivity contribution is -0.127. The van der Waals surface area contributed by atoms with Crippen LogP contribution in [0.25, 0.3) is 0 Å². The van der Waals surface area contributed by atoms with Gasteiger partial charge < -0.3 is 20.1 Å². The lowest BCUT2D eigenvalue weighted by Gasteiger charge is -2.54. The lowest BCUT2D eigenvalue weighted by atomic mass is 9.60. The van der Waals surface area contributed by atoms with E-state index in [1.165, 1.54) is 25.7 Å². The first kappa shape index (κ1) is 17.0. The Bertz CT molecular complexity index is 412. The van der Waals surface area contributed by atoms with Crippen molar-refractivity contribution in [2.24, 2.45) is 11.3 Å². The van der Waals surface area contributed by atoms with E-state index in [0.29, 0.717) is 12.0 Å². The summed E-state index contributed by atoms with van der Waals surface area (Å²) in [4.78, 5) is 14.5. The van der Waals surface area contributed by atoms with Crippen LogP contribution in [-0.4, -0.2) is 54.0 Å². The molecule has 2 amide bonds. The molecule has 3 fully saturated rings. The van der Waals surface area contributed by atoms with Gasteiger partial charge in [0.1, 0.15) is 0 Å². The zero-order valence-corrected chi connectivity index (χ0v) is 14.6. The topological polar surface area (TPSA) is 61.8 Å². The van der Waals surface area contributed by atoms with Gasteiger partial charge in [-0.25, -0.2) is 4.79 Å². The molecule has 23 heavy (non-hydrogen) atoms. The lowest BCUT2D eigenvalue weighted by Crippen LogP contribution is -2.65. The number of nitrogens with one attached hydrogen (secondary N) is 1. The zero-order chi connectivity index (χ0) is 16.4. The summed E-state index contributed by atoms with van der Waals surface area (Å²) in [6.45, 7) is 6.19. The van der Waals surface area contributed by atoms with Crippen molar-refractivity contribution in [1.29, 1.82) is 0 Å².